The van der Waals surface area contributed by atoms with Gasteiger partial charge in [-0.2, -0.15) is 0 Å². The van der Waals surface area contributed by atoms with Crippen molar-refractivity contribution in [1.82, 2.24) is 10.3 Å². The molecule has 0 radical (unpaired) electrons. The molecule has 1 aromatic heterocycles. The SMILES string of the molecule is O=C(/C=C/c1ccc[nH]1)NCc1ccc(CN2CCc3ccccc32)cc1. The van der Waals surface area contributed by atoms with Crippen LogP contribution in [0.3, 0.4) is 0 Å². The van der Waals surface area contributed by atoms with Gasteiger partial charge < -0.3 is 15.2 Å². The molecule has 27 heavy (non-hydrogen) atoms. The van der Waals surface area contributed by atoms with Crippen LogP contribution in [0.4, 0.5) is 5.69 Å². The lowest BCUT2D eigenvalue weighted by atomic mass is 10.1. The molecule has 4 heteroatoms. The van der Waals surface area contributed by atoms with Gasteiger partial charge in [-0.1, -0.05) is 42.5 Å². The normalized spacial score (nSPS) is 13.1. The zero-order valence-electron chi connectivity index (χ0n) is 15.2. The van der Waals surface area contributed by atoms with Crippen molar-refractivity contribution < 1.29 is 4.79 Å². The first-order valence-corrected chi connectivity index (χ1v) is 9.28. The summed E-state index contributed by atoms with van der Waals surface area (Å²) >= 11 is 0. The fourth-order valence-corrected chi connectivity index (χ4v) is 3.42. The monoisotopic (exact) mass is 357 g/mol. The minimum atomic E-state index is -0.0950. The Morgan fingerprint density at radius 2 is 1.85 bits per heavy atom. The molecule has 0 spiro atoms. The molecule has 2 heterocycles. The van der Waals surface area contributed by atoms with Crippen molar-refractivity contribution in [2.45, 2.75) is 19.5 Å². The zero-order valence-corrected chi connectivity index (χ0v) is 15.2. The van der Waals surface area contributed by atoms with E-state index in [0.29, 0.717) is 6.54 Å². The fraction of sp³-hybridized carbons (Fsp3) is 0.174. The van der Waals surface area contributed by atoms with Gasteiger partial charge in [-0.25, -0.2) is 0 Å². The predicted octanol–water partition coefficient (Wildman–Crippen LogP) is 3.91. The molecule has 1 aliphatic rings. The number of aromatic amines is 1. The number of hydrogen-bond donors (Lipinski definition) is 2. The number of H-pyrrole nitrogens is 1. The molecule has 2 N–H and O–H groups in total. The highest BCUT2D eigenvalue weighted by Crippen LogP contribution is 2.28. The Bertz CT molecular complexity index is 927. The second-order valence-electron chi connectivity index (χ2n) is 6.79. The number of rotatable bonds is 6. The minimum Gasteiger partial charge on any atom is -0.367 e. The quantitative estimate of drug-likeness (QED) is 0.657. The standard InChI is InChI=1S/C23H23N3O/c27-23(12-11-21-5-3-14-24-21)25-16-18-7-9-19(10-8-18)17-26-15-13-20-4-1-2-6-22(20)26/h1-12,14,24H,13,15-17H2,(H,25,27)/b12-11+. The molecule has 0 bridgehead atoms. The highest BCUT2D eigenvalue weighted by atomic mass is 16.1. The minimum absolute atomic E-state index is 0.0950. The molecule has 0 fully saturated rings. The summed E-state index contributed by atoms with van der Waals surface area (Å²) in [5, 5.41) is 2.92. The Labute approximate surface area is 159 Å². The Kier molecular flexibility index (Phi) is 5.06. The predicted molar refractivity (Wildman–Crippen MR) is 109 cm³/mol. The molecular formula is C23H23N3O. The summed E-state index contributed by atoms with van der Waals surface area (Å²) in [7, 11) is 0. The van der Waals surface area contributed by atoms with Gasteiger partial charge in [-0.15, -0.1) is 0 Å². The summed E-state index contributed by atoms with van der Waals surface area (Å²) in [6.07, 6.45) is 6.27. The van der Waals surface area contributed by atoms with Crippen LogP contribution in [-0.4, -0.2) is 17.4 Å². The van der Waals surface area contributed by atoms with Crippen molar-refractivity contribution in [2.24, 2.45) is 0 Å². The highest BCUT2D eigenvalue weighted by Gasteiger charge is 2.17. The fourth-order valence-electron chi connectivity index (χ4n) is 3.42. The van der Waals surface area contributed by atoms with E-state index in [1.54, 1.807) is 12.2 Å². The number of fused-ring (bicyclic) bond motifs is 1. The van der Waals surface area contributed by atoms with E-state index in [1.807, 2.05) is 18.3 Å². The van der Waals surface area contributed by atoms with Crippen molar-refractivity contribution in [3.8, 4) is 0 Å². The van der Waals surface area contributed by atoms with Crippen LogP contribution >= 0.6 is 0 Å². The first-order valence-electron chi connectivity index (χ1n) is 9.28. The largest absolute Gasteiger partial charge is 0.367 e. The second kappa shape index (κ2) is 7.96. The molecule has 136 valence electrons. The molecule has 3 aromatic rings. The van der Waals surface area contributed by atoms with E-state index in [4.69, 9.17) is 0 Å². The second-order valence-corrected chi connectivity index (χ2v) is 6.79. The van der Waals surface area contributed by atoms with Crippen molar-refractivity contribution >= 4 is 17.7 Å². The van der Waals surface area contributed by atoms with E-state index in [-0.39, 0.29) is 5.91 Å². The molecule has 0 unspecified atom stereocenters. The van der Waals surface area contributed by atoms with Gasteiger partial charge in [-0.05, 0) is 47.4 Å². The molecule has 1 amide bonds. The van der Waals surface area contributed by atoms with E-state index in [9.17, 15) is 4.79 Å². The van der Waals surface area contributed by atoms with Crippen molar-refractivity contribution in [1.29, 1.82) is 0 Å². The molecule has 0 saturated carbocycles. The van der Waals surface area contributed by atoms with E-state index in [0.717, 1.165) is 30.8 Å². The lowest BCUT2D eigenvalue weighted by molar-refractivity contribution is -0.116. The lowest BCUT2D eigenvalue weighted by Gasteiger charge is -2.19. The number of aromatic nitrogens is 1. The smallest absolute Gasteiger partial charge is 0.244 e. The molecule has 1 aliphatic heterocycles. The average molecular weight is 357 g/mol. The average Bonchev–Trinajstić information content (AvgIpc) is 3.36. The summed E-state index contributed by atoms with van der Waals surface area (Å²) in [6.45, 7) is 2.52. The summed E-state index contributed by atoms with van der Waals surface area (Å²) in [5.41, 5.74) is 6.08. The van der Waals surface area contributed by atoms with Crippen LogP contribution in [0.2, 0.25) is 0 Å². The van der Waals surface area contributed by atoms with Gasteiger partial charge in [0.25, 0.3) is 0 Å². The maximum Gasteiger partial charge on any atom is 0.244 e. The number of carbonyl (C=O) groups excluding carboxylic acids is 1. The van der Waals surface area contributed by atoms with E-state index < -0.39 is 0 Å². The number of carbonyl (C=O) groups is 1. The third kappa shape index (κ3) is 4.29. The summed E-state index contributed by atoms with van der Waals surface area (Å²) < 4.78 is 0. The molecule has 4 rings (SSSR count). The number of nitrogens with zero attached hydrogens (tertiary/aromatic N) is 1. The van der Waals surface area contributed by atoms with Crippen molar-refractivity contribution in [3.63, 3.8) is 0 Å². The number of amides is 1. The van der Waals surface area contributed by atoms with Gasteiger partial charge >= 0.3 is 0 Å². The number of anilines is 1. The number of nitrogens with one attached hydrogen (secondary N) is 2. The Balaban J connectivity index is 1.30. The third-order valence-corrected chi connectivity index (χ3v) is 4.88. The molecule has 2 aromatic carbocycles. The van der Waals surface area contributed by atoms with Crippen LogP contribution in [0, 0.1) is 0 Å². The van der Waals surface area contributed by atoms with Crippen LogP contribution in [0.15, 0.2) is 72.9 Å². The van der Waals surface area contributed by atoms with Crippen LogP contribution in [0.5, 0.6) is 0 Å². The number of para-hydroxylation sites is 1. The Morgan fingerprint density at radius 1 is 1.04 bits per heavy atom. The van der Waals surface area contributed by atoms with Crippen molar-refractivity contribution in [3.05, 3.63) is 95.3 Å². The lowest BCUT2D eigenvalue weighted by Crippen LogP contribution is -2.21. The maximum absolute atomic E-state index is 11.9. The van der Waals surface area contributed by atoms with E-state index >= 15 is 0 Å². The number of hydrogen-bond acceptors (Lipinski definition) is 2. The third-order valence-electron chi connectivity index (χ3n) is 4.88. The van der Waals surface area contributed by atoms with Gasteiger partial charge in [0, 0.05) is 43.3 Å². The Morgan fingerprint density at radius 3 is 2.67 bits per heavy atom. The van der Waals surface area contributed by atoms with Gasteiger partial charge in [0.2, 0.25) is 5.91 Å². The molecule has 4 nitrogen and oxygen atoms in total. The molecular weight excluding hydrogens is 334 g/mol. The first-order chi connectivity index (χ1) is 13.3. The van der Waals surface area contributed by atoms with E-state index in [1.165, 1.54) is 16.8 Å². The maximum atomic E-state index is 11.9. The summed E-state index contributed by atoms with van der Waals surface area (Å²) in [5.74, 6) is -0.0950. The van der Waals surface area contributed by atoms with Gasteiger partial charge in [-0.3, -0.25) is 4.79 Å². The van der Waals surface area contributed by atoms with Crippen LogP contribution in [0.25, 0.3) is 6.08 Å². The zero-order chi connectivity index (χ0) is 18.5. The van der Waals surface area contributed by atoms with Gasteiger partial charge in [0.1, 0.15) is 0 Å². The molecule has 0 aliphatic carbocycles. The van der Waals surface area contributed by atoms with Crippen LogP contribution in [-0.2, 0) is 24.3 Å². The first kappa shape index (κ1) is 17.2. The van der Waals surface area contributed by atoms with Crippen molar-refractivity contribution in [2.75, 3.05) is 11.4 Å². The van der Waals surface area contributed by atoms with Crippen LogP contribution < -0.4 is 10.2 Å². The highest BCUT2D eigenvalue weighted by molar-refractivity contribution is 5.91. The topological polar surface area (TPSA) is 48.1 Å². The Hall–Kier alpha value is -3.27. The molecule has 0 atom stereocenters. The summed E-state index contributed by atoms with van der Waals surface area (Å²) in [6, 6.07) is 20.9. The summed E-state index contributed by atoms with van der Waals surface area (Å²) in [4.78, 5) is 17.4. The van der Waals surface area contributed by atoms with Gasteiger partial charge in [0.15, 0.2) is 0 Å². The number of benzene rings is 2. The van der Waals surface area contributed by atoms with E-state index in [2.05, 4.69) is 63.7 Å². The van der Waals surface area contributed by atoms with Gasteiger partial charge in [0.05, 0.1) is 0 Å². The van der Waals surface area contributed by atoms with Crippen LogP contribution in [0.1, 0.15) is 22.4 Å². The molecule has 0 saturated heterocycles.